The summed E-state index contributed by atoms with van der Waals surface area (Å²) in [6.07, 6.45) is 3.03. The van der Waals surface area contributed by atoms with Gasteiger partial charge in [-0.2, -0.15) is 4.98 Å². The Morgan fingerprint density at radius 2 is 1.93 bits per heavy atom. The summed E-state index contributed by atoms with van der Waals surface area (Å²) in [5.74, 6) is 6.77. The van der Waals surface area contributed by atoms with Crippen molar-refractivity contribution in [1.82, 2.24) is 9.97 Å². The molecule has 5 heteroatoms. The van der Waals surface area contributed by atoms with Crippen molar-refractivity contribution < 1.29 is 4.74 Å². The quantitative estimate of drug-likeness (QED) is 0.583. The van der Waals surface area contributed by atoms with Crippen LogP contribution in [0.1, 0.15) is 0 Å². The molecule has 15 heavy (non-hydrogen) atoms. The molecule has 0 bridgehead atoms. The van der Waals surface area contributed by atoms with Crippen molar-refractivity contribution in [3.63, 3.8) is 0 Å². The lowest BCUT2D eigenvalue weighted by Crippen LogP contribution is -2.08. The number of para-hydroxylation sites is 1. The maximum atomic E-state index is 5.45. The Morgan fingerprint density at radius 3 is 2.67 bits per heavy atom. The van der Waals surface area contributed by atoms with Gasteiger partial charge in [0.05, 0.1) is 12.4 Å². The number of nitrogen functional groups attached to an aromatic ring is 1. The molecule has 5 nitrogen and oxygen atoms in total. The maximum Gasteiger partial charge on any atom is 0.239 e. The van der Waals surface area contributed by atoms with Gasteiger partial charge in [0, 0.05) is 0 Å². The number of benzene rings is 1. The SMILES string of the molecule is NNc1cncc(Oc2ccccc2)n1. The summed E-state index contributed by atoms with van der Waals surface area (Å²) in [5, 5.41) is 0. The third kappa shape index (κ3) is 2.41. The van der Waals surface area contributed by atoms with Crippen LogP contribution in [-0.4, -0.2) is 9.97 Å². The first kappa shape index (κ1) is 9.42. The molecule has 0 spiro atoms. The summed E-state index contributed by atoms with van der Waals surface area (Å²) < 4.78 is 5.45. The van der Waals surface area contributed by atoms with Crippen molar-refractivity contribution in [2.24, 2.45) is 5.84 Å². The first-order valence-corrected chi connectivity index (χ1v) is 4.40. The molecule has 0 fully saturated rings. The molecule has 1 aromatic carbocycles. The van der Waals surface area contributed by atoms with E-state index < -0.39 is 0 Å². The molecule has 0 aliphatic heterocycles. The standard InChI is InChI=1S/C10H10N4O/c11-14-9-6-12-7-10(13-9)15-8-4-2-1-3-5-8/h1-7H,11H2,(H,13,14). The first-order valence-electron chi connectivity index (χ1n) is 4.40. The van der Waals surface area contributed by atoms with E-state index in [0.717, 1.165) is 0 Å². The lowest BCUT2D eigenvalue weighted by atomic mass is 10.3. The van der Waals surface area contributed by atoms with Crippen LogP contribution in [0.2, 0.25) is 0 Å². The van der Waals surface area contributed by atoms with Crippen LogP contribution in [0.15, 0.2) is 42.7 Å². The molecule has 1 heterocycles. The second kappa shape index (κ2) is 4.39. The fraction of sp³-hybridized carbons (Fsp3) is 0. The number of hydrogen-bond acceptors (Lipinski definition) is 5. The third-order valence-electron chi connectivity index (χ3n) is 1.73. The van der Waals surface area contributed by atoms with Crippen molar-refractivity contribution >= 4 is 5.82 Å². The van der Waals surface area contributed by atoms with Crippen molar-refractivity contribution in [2.75, 3.05) is 5.43 Å². The van der Waals surface area contributed by atoms with E-state index in [1.54, 1.807) is 0 Å². The van der Waals surface area contributed by atoms with Crippen LogP contribution in [0.3, 0.4) is 0 Å². The number of nitrogens with one attached hydrogen (secondary N) is 1. The van der Waals surface area contributed by atoms with E-state index in [2.05, 4.69) is 15.4 Å². The van der Waals surface area contributed by atoms with E-state index in [1.165, 1.54) is 12.4 Å². The summed E-state index contributed by atoms with van der Waals surface area (Å²) in [4.78, 5) is 7.99. The van der Waals surface area contributed by atoms with Gasteiger partial charge in [-0.1, -0.05) is 18.2 Å². The second-order valence-electron chi connectivity index (χ2n) is 2.80. The fourth-order valence-corrected chi connectivity index (χ4v) is 1.08. The van der Waals surface area contributed by atoms with Crippen LogP contribution in [0, 0.1) is 0 Å². The molecule has 76 valence electrons. The average Bonchev–Trinajstić information content (AvgIpc) is 2.31. The number of nitrogens with two attached hydrogens (primary N) is 1. The highest BCUT2D eigenvalue weighted by molar-refractivity contribution is 5.33. The zero-order chi connectivity index (χ0) is 10.5. The Labute approximate surface area is 86.9 Å². The molecule has 3 N–H and O–H groups in total. The van der Waals surface area contributed by atoms with E-state index >= 15 is 0 Å². The van der Waals surface area contributed by atoms with Crippen LogP contribution < -0.4 is 16.0 Å². The van der Waals surface area contributed by atoms with Crippen molar-refractivity contribution in [3.8, 4) is 11.6 Å². The number of hydrazine groups is 1. The minimum Gasteiger partial charge on any atom is -0.437 e. The second-order valence-corrected chi connectivity index (χ2v) is 2.80. The lowest BCUT2D eigenvalue weighted by Gasteiger charge is -2.04. The van der Waals surface area contributed by atoms with Crippen LogP contribution in [0.25, 0.3) is 0 Å². The van der Waals surface area contributed by atoms with Gasteiger partial charge in [-0.25, -0.2) is 5.84 Å². The summed E-state index contributed by atoms with van der Waals surface area (Å²) in [5.41, 5.74) is 2.40. The largest absolute Gasteiger partial charge is 0.437 e. The zero-order valence-corrected chi connectivity index (χ0v) is 7.92. The monoisotopic (exact) mass is 202 g/mol. The molecule has 0 atom stereocenters. The molecule has 0 amide bonds. The van der Waals surface area contributed by atoms with Crippen molar-refractivity contribution in [3.05, 3.63) is 42.7 Å². The van der Waals surface area contributed by atoms with Gasteiger partial charge in [0.25, 0.3) is 0 Å². The third-order valence-corrected chi connectivity index (χ3v) is 1.73. The molecule has 0 unspecified atom stereocenters. The van der Waals surface area contributed by atoms with Crippen LogP contribution >= 0.6 is 0 Å². The number of rotatable bonds is 3. The average molecular weight is 202 g/mol. The molecule has 0 aliphatic rings. The number of nitrogens with zero attached hydrogens (tertiary/aromatic N) is 2. The topological polar surface area (TPSA) is 73.1 Å². The number of anilines is 1. The number of ether oxygens (including phenoxy) is 1. The number of hydrogen-bond donors (Lipinski definition) is 2. The summed E-state index contributed by atoms with van der Waals surface area (Å²) in [6.45, 7) is 0. The molecular weight excluding hydrogens is 192 g/mol. The van der Waals surface area contributed by atoms with Crippen LogP contribution in [0.5, 0.6) is 11.6 Å². The van der Waals surface area contributed by atoms with Gasteiger partial charge in [0.15, 0.2) is 5.82 Å². The summed E-state index contributed by atoms with van der Waals surface area (Å²) in [6, 6.07) is 9.35. The fourth-order valence-electron chi connectivity index (χ4n) is 1.08. The van der Waals surface area contributed by atoms with Crippen molar-refractivity contribution in [1.29, 1.82) is 0 Å². The predicted octanol–water partition coefficient (Wildman–Crippen LogP) is 1.55. The van der Waals surface area contributed by atoms with Gasteiger partial charge < -0.3 is 10.2 Å². The van der Waals surface area contributed by atoms with Gasteiger partial charge in [0.2, 0.25) is 5.88 Å². The van der Waals surface area contributed by atoms with E-state index in [0.29, 0.717) is 17.4 Å². The normalized spacial score (nSPS) is 9.67. The van der Waals surface area contributed by atoms with Gasteiger partial charge in [-0.3, -0.25) is 4.98 Å². The van der Waals surface area contributed by atoms with Crippen molar-refractivity contribution in [2.45, 2.75) is 0 Å². The Bertz CT molecular complexity index is 432. The highest BCUT2D eigenvalue weighted by atomic mass is 16.5. The van der Waals surface area contributed by atoms with E-state index in [4.69, 9.17) is 10.6 Å². The molecule has 0 aliphatic carbocycles. The molecule has 2 rings (SSSR count). The highest BCUT2D eigenvalue weighted by Crippen LogP contribution is 2.18. The van der Waals surface area contributed by atoms with Gasteiger partial charge >= 0.3 is 0 Å². The molecule has 2 aromatic rings. The first-order chi connectivity index (χ1) is 7.38. The molecule has 0 radical (unpaired) electrons. The van der Waals surface area contributed by atoms with E-state index in [-0.39, 0.29) is 0 Å². The van der Waals surface area contributed by atoms with Gasteiger partial charge in [0.1, 0.15) is 5.75 Å². The predicted molar refractivity (Wildman–Crippen MR) is 56.4 cm³/mol. The summed E-state index contributed by atoms with van der Waals surface area (Å²) >= 11 is 0. The van der Waals surface area contributed by atoms with Crippen LogP contribution in [0.4, 0.5) is 5.82 Å². The molecule has 0 saturated carbocycles. The summed E-state index contributed by atoms with van der Waals surface area (Å²) in [7, 11) is 0. The Kier molecular flexibility index (Phi) is 2.75. The Morgan fingerprint density at radius 1 is 1.13 bits per heavy atom. The smallest absolute Gasteiger partial charge is 0.239 e. The molecule has 1 aromatic heterocycles. The van der Waals surface area contributed by atoms with Gasteiger partial charge in [-0.15, -0.1) is 0 Å². The molecular formula is C10H10N4O. The molecule has 0 saturated heterocycles. The number of aromatic nitrogens is 2. The van der Waals surface area contributed by atoms with Crippen LogP contribution in [-0.2, 0) is 0 Å². The van der Waals surface area contributed by atoms with E-state index in [1.807, 2.05) is 30.3 Å². The van der Waals surface area contributed by atoms with E-state index in [9.17, 15) is 0 Å². The Hall–Kier alpha value is -2.14. The minimum absolute atomic E-state index is 0.400. The Balaban J connectivity index is 2.17. The highest BCUT2D eigenvalue weighted by Gasteiger charge is 1.99. The maximum absolute atomic E-state index is 5.45. The van der Waals surface area contributed by atoms with Gasteiger partial charge in [-0.05, 0) is 12.1 Å². The lowest BCUT2D eigenvalue weighted by molar-refractivity contribution is 0.461. The zero-order valence-electron chi connectivity index (χ0n) is 7.92. The minimum atomic E-state index is 0.400.